The first-order chi connectivity index (χ1) is 9.86. The van der Waals surface area contributed by atoms with Crippen LogP contribution in [0.4, 0.5) is 14.5 Å². The van der Waals surface area contributed by atoms with Crippen LogP contribution >= 0.6 is 0 Å². The highest BCUT2D eigenvalue weighted by Gasteiger charge is 2.30. The molecule has 1 heterocycles. The van der Waals surface area contributed by atoms with Gasteiger partial charge in [0, 0.05) is 12.2 Å². The summed E-state index contributed by atoms with van der Waals surface area (Å²) in [6, 6.07) is 4.72. The van der Waals surface area contributed by atoms with E-state index < -0.39 is 26.6 Å². The fourth-order valence-electron chi connectivity index (χ4n) is 1.90. The molecule has 2 N–H and O–H groups in total. The maximum absolute atomic E-state index is 13.8. The van der Waals surface area contributed by atoms with Crippen LogP contribution in [0.2, 0.25) is 0 Å². The van der Waals surface area contributed by atoms with Gasteiger partial charge in [0.2, 0.25) is 10.0 Å². The highest BCUT2D eigenvalue weighted by atomic mass is 32.2. The summed E-state index contributed by atoms with van der Waals surface area (Å²) in [4.78, 5) is -1.01. The number of hydrogen-bond acceptors (Lipinski definition) is 4. The Morgan fingerprint density at radius 3 is 2.38 bits per heavy atom. The van der Waals surface area contributed by atoms with Gasteiger partial charge in [-0.25, -0.2) is 17.2 Å². The van der Waals surface area contributed by atoms with E-state index in [1.54, 1.807) is 19.1 Å². The van der Waals surface area contributed by atoms with Crippen molar-refractivity contribution in [2.75, 3.05) is 12.3 Å². The normalized spacial score (nSPS) is 12.0. The molecule has 0 fully saturated rings. The lowest BCUT2D eigenvalue weighted by molar-refractivity contribution is 0.370. The van der Waals surface area contributed by atoms with Gasteiger partial charge < -0.3 is 10.2 Å². The zero-order valence-electron chi connectivity index (χ0n) is 11.2. The molecule has 0 radical (unpaired) electrons. The van der Waals surface area contributed by atoms with Crippen LogP contribution < -0.4 is 5.73 Å². The van der Waals surface area contributed by atoms with Gasteiger partial charge in [-0.05, 0) is 24.3 Å². The lowest BCUT2D eigenvalue weighted by Gasteiger charge is -2.20. The summed E-state index contributed by atoms with van der Waals surface area (Å²) in [5, 5.41) is 0. The number of nitrogen functional groups attached to an aromatic ring is 1. The smallest absolute Gasteiger partial charge is 0.249 e. The maximum atomic E-state index is 13.8. The second kappa shape index (κ2) is 5.82. The van der Waals surface area contributed by atoms with E-state index in [-0.39, 0.29) is 18.8 Å². The summed E-state index contributed by atoms with van der Waals surface area (Å²) in [7, 11) is -4.34. The molecule has 0 atom stereocenters. The molecule has 0 spiro atoms. The molecule has 0 aliphatic rings. The van der Waals surface area contributed by atoms with Crippen LogP contribution in [0.15, 0.2) is 39.8 Å². The topological polar surface area (TPSA) is 76.5 Å². The minimum atomic E-state index is -4.34. The predicted octanol–water partition coefficient (Wildman–Crippen LogP) is 2.35. The number of rotatable bonds is 5. The number of nitrogens with two attached hydrogens (primary N) is 1. The zero-order valence-corrected chi connectivity index (χ0v) is 12.0. The number of furan rings is 1. The van der Waals surface area contributed by atoms with Gasteiger partial charge in [-0.3, -0.25) is 0 Å². The summed E-state index contributed by atoms with van der Waals surface area (Å²) >= 11 is 0. The SMILES string of the molecule is CCN(Cc1ccco1)S(=O)(=O)c1c(F)cc(N)cc1F. The van der Waals surface area contributed by atoms with E-state index in [0.717, 1.165) is 16.4 Å². The lowest BCUT2D eigenvalue weighted by Crippen LogP contribution is -2.31. The number of halogens is 2. The summed E-state index contributed by atoms with van der Waals surface area (Å²) in [5.41, 5.74) is 5.10. The molecule has 0 bridgehead atoms. The third-order valence-corrected chi connectivity index (χ3v) is 4.86. The van der Waals surface area contributed by atoms with Gasteiger partial charge >= 0.3 is 0 Å². The molecule has 1 aromatic carbocycles. The molecule has 0 saturated heterocycles. The molecule has 2 aromatic rings. The second-order valence-corrected chi connectivity index (χ2v) is 6.20. The third kappa shape index (κ3) is 3.06. The fourth-order valence-corrected chi connectivity index (χ4v) is 3.40. The molecule has 1 aromatic heterocycles. The van der Waals surface area contributed by atoms with Gasteiger partial charge in [0.1, 0.15) is 17.4 Å². The van der Waals surface area contributed by atoms with Crippen molar-refractivity contribution >= 4 is 15.7 Å². The number of sulfonamides is 1. The molecule has 0 aliphatic carbocycles. The molecule has 0 unspecified atom stereocenters. The van der Waals surface area contributed by atoms with Crippen LogP contribution in [0.25, 0.3) is 0 Å². The minimum absolute atomic E-state index is 0.0340. The van der Waals surface area contributed by atoms with Gasteiger partial charge in [-0.2, -0.15) is 4.31 Å². The van der Waals surface area contributed by atoms with Crippen molar-refractivity contribution in [1.82, 2.24) is 4.31 Å². The summed E-state index contributed by atoms with van der Waals surface area (Å²) in [6.45, 7) is 1.48. The van der Waals surface area contributed by atoms with Gasteiger partial charge in [0.05, 0.1) is 12.8 Å². The monoisotopic (exact) mass is 316 g/mol. The second-order valence-electron chi connectivity index (χ2n) is 4.32. The van der Waals surface area contributed by atoms with E-state index in [0.29, 0.717) is 5.76 Å². The molecule has 0 amide bonds. The Bertz CT molecular complexity index is 707. The Morgan fingerprint density at radius 1 is 1.29 bits per heavy atom. The maximum Gasteiger partial charge on any atom is 0.249 e. The van der Waals surface area contributed by atoms with Crippen molar-refractivity contribution in [1.29, 1.82) is 0 Å². The standard InChI is InChI=1S/C13H14F2N2O3S/c1-2-17(8-10-4-3-5-20-10)21(18,19)13-11(14)6-9(16)7-12(13)15/h3-7H,2,8,16H2,1H3. The number of nitrogens with zero attached hydrogens (tertiary/aromatic N) is 1. The predicted molar refractivity (Wildman–Crippen MR) is 72.7 cm³/mol. The fraction of sp³-hybridized carbons (Fsp3) is 0.231. The van der Waals surface area contributed by atoms with Crippen molar-refractivity contribution in [2.45, 2.75) is 18.4 Å². The molecule has 21 heavy (non-hydrogen) atoms. The highest BCUT2D eigenvalue weighted by molar-refractivity contribution is 7.89. The first-order valence-corrected chi connectivity index (χ1v) is 7.57. The molecule has 8 heteroatoms. The molecule has 0 aliphatic heterocycles. The summed E-state index contributed by atoms with van der Waals surface area (Å²) in [6.07, 6.45) is 1.39. The Balaban J connectivity index is 2.45. The van der Waals surface area contributed by atoms with E-state index in [9.17, 15) is 17.2 Å². The van der Waals surface area contributed by atoms with Crippen molar-refractivity contribution < 1.29 is 21.6 Å². The van der Waals surface area contributed by atoms with Gasteiger partial charge in [-0.1, -0.05) is 6.92 Å². The van der Waals surface area contributed by atoms with Crippen LogP contribution in [0, 0.1) is 11.6 Å². The van der Waals surface area contributed by atoms with E-state index in [1.165, 1.54) is 6.26 Å². The number of hydrogen-bond donors (Lipinski definition) is 1. The zero-order chi connectivity index (χ0) is 15.6. The summed E-state index contributed by atoms with van der Waals surface area (Å²) < 4.78 is 58.5. The van der Waals surface area contributed by atoms with E-state index in [2.05, 4.69) is 0 Å². The molecule has 0 saturated carbocycles. The Hall–Kier alpha value is -1.93. The van der Waals surface area contributed by atoms with Gasteiger partial charge in [0.15, 0.2) is 4.90 Å². The molecule has 2 rings (SSSR count). The molecule has 114 valence electrons. The lowest BCUT2D eigenvalue weighted by atomic mass is 10.3. The third-order valence-electron chi connectivity index (χ3n) is 2.88. The van der Waals surface area contributed by atoms with Gasteiger partial charge in [0.25, 0.3) is 0 Å². The van der Waals surface area contributed by atoms with Crippen molar-refractivity contribution in [3.8, 4) is 0 Å². The average Bonchev–Trinajstić information content (AvgIpc) is 2.86. The van der Waals surface area contributed by atoms with E-state index >= 15 is 0 Å². The van der Waals surface area contributed by atoms with E-state index in [4.69, 9.17) is 10.2 Å². The van der Waals surface area contributed by atoms with Gasteiger partial charge in [-0.15, -0.1) is 0 Å². The van der Waals surface area contributed by atoms with Crippen LogP contribution in [-0.4, -0.2) is 19.3 Å². The first-order valence-electron chi connectivity index (χ1n) is 6.13. The Labute approximate surface area is 121 Å². The molecule has 5 nitrogen and oxygen atoms in total. The van der Waals surface area contributed by atoms with Crippen molar-refractivity contribution in [3.05, 3.63) is 47.9 Å². The number of benzene rings is 1. The van der Waals surface area contributed by atoms with Crippen LogP contribution in [0.5, 0.6) is 0 Å². The Kier molecular flexibility index (Phi) is 4.29. The van der Waals surface area contributed by atoms with Crippen LogP contribution in [0.1, 0.15) is 12.7 Å². The first kappa shape index (κ1) is 15.5. The quantitative estimate of drug-likeness (QED) is 0.859. The summed E-state index contributed by atoms with van der Waals surface area (Å²) in [5.74, 6) is -2.06. The average molecular weight is 316 g/mol. The minimum Gasteiger partial charge on any atom is -0.468 e. The van der Waals surface area contributed by atoms with E-state index in [1.807, 2.05) is 0 Å². The Morgan fingerprint density at radius 2 is 1.90 bits per heavy atom. The van der Waals surface area contributed by atoms with Crippen molar-refractivity contribution in [2.24, 2.45) is 0 Å². The van der Waals surface area contributed by atoms with Crippen LogP contribution in [0.3, 0.4) is 0 Å². The molecular formula is C13H14F2N2O3S. The van der Waals surface area contributed by atoms with Crippen LogP contribution in [-0.2, 0) is 16.6 Å². The number of anilines is 1. The highest BCUT2D eigenvalue weighted by Crippen LogP contribution is 2.26. The largest absolute Gasteiger partial charge is 0.468 e. The molecular weight excluding hydrogens is 302 g/mol. The van der Waals surface area contributed by atoms with Crippen molar-refractivity contribution in [3.63, 3.8) is 0 Å².